The second-order valence-electron chi connectivity index (χ2n) is 8.53. The third-order valence-corrected chi connectivity index (χ3v) is 11.8. The van der Waals surface area contributed by atoms with E-state index in [9.17, 15) is 13.0 Å². The van der Waals surface area contributed by atoms with E-state index in [1.54, 1.807) is 6.07 Å². The molecule has 0 aromatic heterocycles. The number of aryl methyl sites for hydroxylation is 1. The molecule has 3 nitrogen and oxygen atoms in total. The van der Waals surface area contributed by atoms with E-state index in [-0.39, 0.29) is 4.90 Å². The average Bonchev–Trinajstić information content (AvgIpc) is 2.34. The fourth-order valence-corrected chi connectivity index (χ4v) is 12.1. The summed E-state index contributed by atoms with van der Waals surface area (Å²) in [6, 6.07) is 8.61. The second-order valence-corrected chi connectivity index (χ2v) is 14.3. The van der Waals surface area contributed by atoms with Crippen LogP contribution < -0.4 is 5.19 Å². The van der Waals surface area contributed by atoms with Crippen LogP contribution in [0, 0.1) is 24.7 Å². The zero-order valence-electron chi connectivity index (χ0n) is 16.3. The summed E-state index contributed by atoms with van der Waals surface area (Å²) in [5.41, 5.74) is 1.16. The first kappa shape index (κ1) is 21.4. The van der Waals surface area contributed by atoms with Crippen molar-refractivity contribution in [2.45, 2.75) is 71.5 Å². The summed E-state index contributed by atoms with van der Waals surface area (Å²) < 4.78 is 32.8. The molecule has 0 unspecified atom stereocenters. The fraction of sp³-hybridized carbons (Fsp3) is 0.684. The molecule has 1 aromatic rings. The van der Waals surface area contributed by atoms with Gasteiger partial charge in [-0.25, -0.2) is 0 Å². The van der Waals surface area contributed by atoms with Crippen LogP contribution in [0.2, 0.25) is 18.1 Å². The molecule has 0 spiro atoms. The summed E-state index contributed by atoms with van der Waals surface area (Å²) in [5, 5.41) is 1.22. The van der Waals surface area contributed by atoms with Crippen LogP contribution in [0.1, 0.15) is 47.1 Å². The Bertz CT molecular complexity index is 622. The Morgan fingerprint density at radius 2 is 1.33 bits per heavy atom. The molecule has 1 aromatic carbocycles. The summed E-state index contributed by atoms with van der Waals surface area (Å²) >= 11 is 0. The summed E-state index contributed by atoms with van der Waals surface area (Å²) in [4.78, 5) is 0.0382. The van der Waals surface area contributed by atoms with E-state index < -0.39 is 18.2 Å². The lowest BCUT2D eigenvalue weighted by Crippen LogP contribution is -2.51. The van der Waals surface area contributed by atoms with Gasteiger partial charge in [0.1, 0.15) is 0 Å². The van der Waals surface area contributed by atoms with Gasteiger partial charge in [-0.2, -0.15) is 8.42 Å². The molecule has 0 heterocycles. The fourth-order valence-electron chi connectivity index (χ4n) is 4.26. The number of hydrogen-bond donors (Lipinski definition) is 1. The highest BCUT2D eigenvalue weighted by molar-refractivity contribution is 7.85. The second kappa shape index (κ2) is 8.15. The zero-order chi connectivity index (χ0) is 18.7. The molecule has 0 atom stereocenters. The number of hydrogen-bond acceptors (Lipinski definition) is 2. The molecule has 0 aliphatic heterocycles. The van der Waals surface area contributed by atoms with Gasteiger partial charge >= 0.3 is 0 Å². The van der Waals surface area contributed by atoms with E-state index in [0.29, 0.717) is 17.8 Å². The van der Waals surface area contributed by atoms with Gasteiger partial charge in [-0.1, -0.05) is 76.5 Å². The largest absolute Gasteiger partial charge is 0.294 e. The predicted molar refractivity (Wildman–Crippen MR) is 105 cm³/mol. The molecule has 0 aliphatic carbocycles. The highest BCUT2D eigenvalue weighted by atomic mass is 32.2. The maximum absolute atomic E-state index is 11.7. The van der Waals surface area contributed by atoms with Crippen LogP contribution in [0.3, 0.4) is 0 Å². The maximum atomic E-state index is 11.7. The number of benzene rings is 1. The molecule has 0 aliphatic rings. The lowest BCUT2D eigenvalue weighted by atomic mass is 10.2. The Balaban J connectivity index is 3.62. The smallest absolute Gasteiger partial charge is 0.282 e. The van der Waals surface area contributed by atoms with E-state index in [0.717, 1.165) is 23.7 Å². The van der Waals surface area contributed by atoms with E-state index in [1.807, 2.05) is 6.07 Å². The average molecular weight is 371 g/mol. The van der Waals surface area contributed by atoms with Crippen LogP contribution in [-0.2, 0) is 10.1 Å². The summed E-state index contributed by atoms with van der Waals surface area (Å²) in [6.07, 6.45) is 0. The quantitative estimate of drug-likeness (QED) is 0.525. The molecule has 0 radical (unpaired) electrons. The minimum absolute atomic E-state index is 0.0382. The Labute approximate surface area is 149 Å². The maximum Gasteiger partial charge on any atom is 0.294 e. The SMILES string of the molecule is Cc1ccc(S(=O)(=O)O)cc1[Si](CC(C)C)(CC(C)C)CC(C)C. The first-order valence-corrected chi connectivity index (χ1v) is 13.0. The van der Waals surface area contributed by atoms with Crippen molar-refractivity contribution < 1.29 is 13.0 Å². The lowest BCUT2D eigenvalue weighted by Gasteiger charge is -2.38. The van der Waals surface area contributed by atoms with Crippen LogP contribution in [0.5, 0.6) is 0 Å². The van der Waals surface area contributed by atoms with Crippen LogP contribution in [-0.4, -0.2) is 21.0 Å². The monoisotopic (exact) mass is 370 g/mol. The molecule has 0 fully saturated rings. The summed E-state index contributed by atoms with van der Waals surface area (Å²) in [6.45, 7) is 15.6. The van der Waals surface area contributed by atoms with Gasteiger partial charge < -0.3 is 0 Å². The van der Waals surface area contributed by atoms with E-state index in [1.165, 1.54) is 11.3 Å². The Hall–Kier alpha value is -0.653. The topological polar surface area (TPSA) is 54.4 Å². The van der Waals surface area contributed by atoms with Crippen molar-refractivity contribution in [1.82, 2.24) is 0 Å². The first-order chi connectivity index (χ1) is 10.9. The van der Waals surface area contributed by atoms with Crippen molar-refractivity contribution in [3.8, 4) is 0 Å². The molecule has 0 saturated heterocycles. The molecular formula is C19H34O3SSi. The summed E-state index contributed by atoms with van der Waals surface area (Å²) in [7, 11) is -6.06. The van der Waals surface area contributed by atoms with Crippen molar-refractivity contribution in [3.05, 3.63) is 23.8 Å². The highest BCUT2D eigenvalue weighted by Gasteiger charge is 2.38. The van der Waals surface area contributed by atoms with Crippen molar-refractivity contribution in [2.24, 2.45) is 17.8 Å². The van der Waals surface area contributed by atoms with Gasteiger partial charge in [-0.3, -0.25) is 4.55 Å². The normalized spacial score (nSPS) is 13.3. The Morgan fingerprint density at radius 1 is 0.917 bits per heavy atom. The van der Waals surface area contributed by atoms with E-state index >= 15 is 0 Å². The molecule has 138 valence electrons. The molecule has 0 bridgehead atoms. The molecular weight excluding hydrogens is 336 g/mol. The van der Waals surface area contributed by atoms with Gasteiger partial charge in [-0.15, -0.1) is 0 Å². The van der Waals surface area contributed by atoms with Gasteiger partial charge in [0.05, 0.1) is 13.0 Å². The van der Waals surface area contributed by atoms with E-state index in [4.69, 9.17) is 0 Å². The van der Waals surface area contributed by atoms with Crippen LogP contribution in [0.25, 0.3) is 0 Å². The van der Waals surface area contributed by atoms with Crippen molar-refractivity contribution in [1.29, 1.82) is 0 Å². The molecule has 0 saturated carbocycles. The van der Waals surface area contributed by atoms with Crippen LogP contribution in [0.4, 0.5) is 0 Å². The minimum atomic E-state index is -4.17. The molecule has 1 N–H and O–H groups in total. The van der Waals surface area contributed by atoms with Crippen molar-refractivity contribution in [2.75, 3.05) is 0 Å². The first-order valence-electron chi connectivity index (χ1n) is 8.96. The standard InChI is InChI=1S/C19H34O3SSi/c1-14(2)11-24(12-15(3)4,13-16(5)6)19-10-18(23(20,21)22)9-8-17(19)7/h8-10,14-16H,11-13H2,1-7H3,(H,20,21,22). The molecule has 0 amide bonds. The molecule has 1 rings (SSSR count). The van der Waals surface area contributed by atoms with Gasteiger partial charge in [0, 0.05) is 0 Å². The van der Waals surface area contributed by atoms with Crippen LogP contribution in [0.15, 0.2) is 23.1 Å². The third kappa shape index (κ3) is 5.71. The molecule has 5 heteroatoms. The Morgan fingerprint density at radius 3 is 1.67 bits per heavy atom. The van der Waals surface area contributed by atoms with Gasteiger partial charge in [-0.05, 0) is 36.8 Å². The third-order valence-electron chi connectivity index (χ3n) is 4.48. The van der Waals surface area contributed by atoms with Gasteiger partial charge in [0.2, 0.25) is 0 Å². The van der Waals surface area contributed by atoms with Crippen molar-refractivity contribution in [3.63, 3.8) is 0 Å². The molecule has 24 heavy (non-hydrogen) atoms. The van der Waals surface area contributed by atoms with Crippen LogP contribution >= 0.6 is 0 Å². The predicted octanol–water partition coefficient (Wildman–Crippen LogP) is 4.87. The minimum Gasteiger partial charge on any atom is -0.282 e. The van der Waals surface area contributed by atoms with E-state index in [2.05, 4.69) is 48.5 Å². The highest BCUT2D eigenvalue weighted by Crippen LogP contribution is 2.33. The van der Waals surface area contributed by atoms with Gasteiger partial charge in [0.15, 0.2) is 0 Å². The van der Waals surface area contributed by atoms with Crippen molar-refractivity contribution >= 4 is 23.4 Å². The summed E-state index contributed by atoms with van der Waals surface area (Å²) in [5.74, 6) is 1.72. The Kier molecular flexibility index (Phi) is 7.26. The van der Waals surface area contributed by atoms with Gasteiger partial charge in [0.25, 0.3) is 10.1 Å². The number of rotatable bonds is 8. The lowest BCUT2D eigenvalue weighted by molar-refractivity contribution is 0.483. The zero-order valence-corrected chi connectivity index (χ0v) is 18.1.